The number of para-hydroxylation sites is 2. The molecule has 10 heteroatoms. The number of non-ortho nitro benzene ring substituents is 1. The van der Waals surface area contributed by atoms with Gasteiger partial charge < -0.3 is 4.74 Å². The maximum atomic E-state index is 13.9. The van der Waals surface area contributed by atoms with E-state index in [0.29, 0.717) is 34.1 Å². The van der Waals surface area contributed by atoms with Crippen molar-refractivity contribution in [2.24, 2.45) is 0 Å². The first-order chi connectivity index (χ1) is 18.3. The Morgan fingerprint density at radius 2 is 1.26 bits per heavy atom. The molecule has 0 unspecified atom stereocenters. The normalized spacial score (nSPS) is 11.2. The molecule has 0 saturated carbocycles. The minimum atomic E-state index is -0.965. The zero-order valence-electron chi connectivity index (χ0n) is 21.0. The van der Waals surface area contributed by atoms with Crippen molar-refractivity contribution in [2.75, 3.05) is 7.11 Å². The molecule has 192 valence electrons. The van der Waals surface area contributed by atoms with Crippen LogP contribution in [0.25, 0.3) is 11.4 Å². The van der Waals surface area contributed by atoms with Gasteiger partial charge in [-0.1, -0.05) is 36.4 Å². The predicted octanol–water partition coefficient (Wildman–Crippen LogP) is 4.36. The molecule has 2 N–H and O–H groups in total. The third-order valence-corrected chi connectivity index (χ3v) is 6.58. The van der Waals surface area contributed by atoms with E-state index in [4.69, 9.17) is 4.74 Å². The number of aromatic amines is 2. The number of nitro benzene ring substituents is 1. The summed E-state index contributed by atoms with van der Waals surface area (Å²) in [5.41, 5.74) is 2.23. The Balaban J connectivity index is 1.84. The third-order valence-electron chi connectivity index (χ3n) is 6.58. The molecule has 0 fully saturated rings. The number of rotatable bonds is 7. The van der Waals surface area contributed by atoms with E-state index in [2.05, 4.69) is 10.2 Å². The highest BCUT2D eigenvalue weighted by Gasteiger charge is 2.33. The minimum Gasteiger partial charge on any atom is -0.496 e. The second-order valence-corrected chi connectivity index (χ2v) is 8.87. The molecule has 2 aromatic heterocycles. The highest BCUT2D eigenvalue weighted by molar-refractivity contribution is 5.55. The molecule has 0 saturated heterocycles. The lowest BCUT2D eigenvalue weighted by Crippen LogP contribution is -2.25. The highest BCUT2D eigenvalue weighted by atomic mass is 16.6. The van der Waals surface area contributed by atoms with E-state index >= 15 is 0 Å². The van der Waals surface area contributed by atoms with Gasteiger partial charge in [0, 0.05) is 29.1 Å². The van der Waals surface area contributed by atoms with Crippen LogP contribution in [0.5, 0.6) is 5.75 Å². The summed E-state index contributed by atoms with van der Waals surface area (Å²) in [6, 6.07) is 22.3. The Kier molecular flexibility index (Phi) is 6.29. The maximum Gasteiger partial charge on any atom is 0.275 e. The van der Waals surface area contributed by atoms with Gasteiger partial charge in [-0.15, -0.1) is 0 Å². The summed E-state index contributed by atoms with van der Waals surface area (Å²) in [7, 11) is 1.44. The molecule has 10 nitrogen and oxygen atoms in total. The number of methoxy groups -OCH3 is 1. The second-order valence-electron chi connectivity index (χ2n) is 8.87. The van der Waals surface area contributed by atoms with Gasteiger partial charge in [0.15, 0.2) is 0 Å². The Morgan fingerprint density at radius 1 is 0.789 bits per heavy atom. The van der Waals surface area contributed by atoms with Crippen LogP contribution in [-0.4, -0.2) is 31.6 Å². The first kappa shape index (κ1) is 24.6. The first-order valence-corrected chi connectivity index (χ1v) is 11.9. The summed E-state index contributed by atoms with van der Waals surface area (Å²) >= 11 is 0. The van der Waals surface area contributed by atoms with Gasteiger partial charge in [-0.3, -0.25) is 29.9 Å². The van der Waals surface area contributed by atoms with Crippen LogP contribution in [0.2, 0.25) is 0 Å². The molecule has 0 radical (unpaired) electrons. The number of aryl methyl sites for hydroxylation is 2. The summed E-state index contributed by atoms with van der Waals surface area (Å²) < 4.78 is 8.39. The van der Waals surface area contributed by atoms with Crippen molar-refractivity contribution >= 4 is 5.69 Å². The largest absolute Gasteiger partial charge is 0.496 e. The molecule has 3 aromatic carbocycles. The minimum absolute atomic E-state index is 0.182. The van der Waals surface area contributed by atoms with Gasteiger partial charge >= 0.3 is 0 Å². The van der Waals surface area contributed by atoms with Crippen LogP contribution in [0.4, 0.5) is 5.69 Å². The summed E-state index contributed by atoms with van der Waals surface area (Å²) in [6.07, 6.45) is 0. The van der Waals surface area contributed by atoms with Gasteiger partial charge in [0.25, 0.3) is 16.8 Å². The number of ether oxygens (including phenoxy) is 1. The summed E-state index contributed by atoms with van der Waals surface area (Å²) in [6.45, 7) is 3.48. The van der Waals surface area contributed by atoms with E-state index in [9.17, 15) is 19.7 Å². The van der Waals surface area contributed by atoms with Gasteiger partial charge in [0.05, 0.1) is 40.5 Å². The fraction of sp³-hybridized carbons (Fsp3) is 0.143. The van der Waals surface area contributed by atoms with E-state index in [0.717, 1.165) is 0 Å². The molecule has 0 aliphatic heterocycles. The topological polar surface area (TPSA) is 128 Å². The van der Waals surface area contributed by atoms with Crippen molar-refractivity contribution in [3.63, 3.8) is 0 Å². The lowest BCUT2D eigenvalue weighted by molar-refractivity contribution is -0.384. The molecule has 0 amide bonds. The van der Waals surface area contributed by atoms with Crippen molar-refractivity contribution in [1.29, 1.82) is 0 Å². The molecular formula is C28H25N5O5. The Morgan fingerprint density at radius 3 is 1.68 bits per heavy atom. The van der Waals surface area contributed by atoms with Crippen LogP contribution in [0, 0.1) is 24.0 Å². The molecule has 5 aromatic rings. The Bertz CT molecular complexity index is 1650. The van der Waals surface area contributed by atoms with Gasteiger partial charge in [-0.2, -0.15) is 0 Å². The molecule has 2 heterocycles. The van der Waals surface area contributed by atoms with Crippen molar-refractivity contribution in [3.05, 3.63) is 138 Å². The van der Waals surface area contributed by atoms with Crippen LogP contribution in [0.15, 0.2) is 88.5 Å². The number of nitrogens with one attached hydrogen (secondary N) is 2. The van der Waals surface area contributed by atoms with Gasteiger partial charge in [-0.05, 0) is 44.2 Å². The van der Waals surface area contributed by atoms with E-state index in [1.807, 2.05) is 36.4 Å². The number of hydrogen-bond acceptors (Lipinski definition) is 5. The summed E-state index contributed by atoms with van der Waals surface area (Å²) in [5, 5.41) is 17.9. The molecule has 0 spiro atoms. The van der Waals surface area contributed by atoms with Crippen molar-refractivity contribution in [2.45, 2.75) is 19.8 Å². The van der Waals surface area contributed by atoms with E-state index < -0.39 is 10.8 Å². The monoisotopic (exact) mass is 511 g/mol. The second kappa shape index (κ2) is 9.74. The Hall–Kier alpha value is -5.12. The number of nitrogens with zero attached hydrogens (tertiary/aromatic N) is 3. The number of aromatic nitrogens is 4. The van der Waals surface area contributed by atoms with Crippen LogP contribution in [-0.2, 0) is 0 Å². The lowest BCUT2D eigenvalue weighted by Gasteiger charge is -2.18. The van der Waals surface area contributed by atoms with Gasteiger partial charge in [0.1, 0.15) is 5.75 Å². The molecule has 38 heavy (non-hydrogen) atoms. The van der Waals surface area contributed by atoms with Crippen LogP contribution in [0.3, 0.4) is 0 Å². The zero-order valence-corrected chi connectivity index (χ0v) is 21.0. The molecule has 0 atom stereocenters. The number of hydrogen-bond donors (Lipinski definition) is 2. The summed E-state index contributed by atoms with van der Waals surface area (Å²) in [5.74, 6) is -0.648. The van der Waals surface area contributed by atoms with Crippen molar-refractivity contribution < 1.29 is 9.66 Å². The molecule has 5 rings (SSSR count). The van der Waals surface area contributed by atoms with Crippen LogP contribution >= 0.6 is 0 Å². The average molecular weight is 512 g/mol. The lowest BCUT2D eigenvalue weighted by atomic mass is 9.84. The van der Waals surface area contributed by atoms with E-state index in [-0.39, 0.29) is 27.9 Å². The highest BCUT2D eigenvalue weighted by Crippen LogP contribution is 2.39. The smallest absolute Gasteiger partial charge is 0.275 e. The maximum absolute atomic E-state index is 13.9. The van der Waals surface area contributed by atoms with Crippen molar-refractivity contribution in [1.82, 2.24) is 19.6 Å². The number of nitro groups is 1. The fourth-order valence-electron chi connectivity index (χ4n) is 4.83. The number of benzene rings is 3. The zero-order chi connectivity index (χ0) is 27.0. The fourth-order valence-corrected chi connectivity index (χ4v) is 4.83. The number of H-pyrrole nitrogens is 2. The summed E-state index contributed by atoms with van der Waals surface area (Å²) in [4.78, 5) is 39.1. The first-order valence-electron chi connectivity index (χ1n) is 11.9. The average Bonchev–Trinajstić information content (AvgIpc) is 3.40. The van der Waals surface area contributed by atoms with Crippen LogP contribution in [0.1, 0.15) is 34.0 Å². The SMILES string of the molecule is COc1ccc([N+](=O)[O-])cc1C(c1c(C)[nH]n(-c2ccccc2)c1=O)c1c(C)[nH]n(-c2ccccc2)c1=O. The molecular weight excluding hydrogens is 486 g/mol. The standard InChI is InChI=1S/C28H25N5O5/c1-17-24(27(34)31(29-17)19-10-6-4-7-11-19)26(22-16-21(33(36)37)14-15-23(22)38-3)25-18(2)30-32(28(25)35)20-12-8-5-9-13-20/h4-16,26,29-30H,1-3H3. The molecule has 0 bridgehead atoms. The van der Waals surface area contributed by atoms with E-state index in [1.165, 1.54) is 34.7 Å². The molecule has 0 aliphatic rings. The van der Waals surface area contributed by atoms with Crippen molar-refractivity contribution in [3.8, 4) is 17.1 Å². The molecule has 0 aliphatic carbocycles. The van der Waals surface area contributed by atoms with Crippen LogP contribution < -0.4 is 15.9 Å². The quantitative estimate of drug-likeness (QED) is 0.248. The van der Waals surface area contributed by atoms with E-state index in [1.54, 1.807) is 38.1 Å². The predicted molar refractivity (Wildman–Crippen MR) is 143 cm³/mol. The van der Waals surface area contributed by atoms with Gasteiger partial charge in [0.2, 0.25) is 0 Å². The third kappa shape index (κ3) is 4.11. The van der Waals surface area contributed by atoms with Gasteiger partial charge in [-0.25, -0.2) is 9.36 Å². The Labute approximate surface area is 216 Å².